The van der Waals surface area contributed by atoms with Crippen LogP contribution in [0.15, 0.2) is 4.99 Å². The molecule has 1 amide bonds. The molecule has 0 heterocycles. The molecule has 0 aliphatic heterocycles. The van der Waals surface area contributed by atoms with E-state index in [0.29, 0.717) is 0 Å². The first kappa shape index (κ1) is 23.5. The summed E-state index contributed by atoms with van der Waals surface area (Å²) in [5, 5.41) is 6.24. The standard InChI is InChI=1S/C18H36N4O.HI/c1-7-19-17(20-12-16(23)21-18(3,4)5)22(6)13-15-10-8-14(2)9-11-15;/h14-15H,7-13H2,1-6H3,(H,19,20)(H,21,23);1H. The van der Waals surface area contributed by atoms with Crippen LogP contribution < -0.4 is 10.6 Å². The average molecular weight is 452 g/mol. The molecule has 0 aromatic rings. The van der Waals surface area contributed by atoms with Crippen molar-refractivity contribution in [3.05, 3.63) is 0 Å². The summed E-state index contributed by atoms with van der Waals surface area (Å²) < 4.78 is 0. The zero-order valence-corrected chi connectivity index (χ0v) is 18.6. The van der Waals surface area contributed by atoms with Gasteiger partial charge in [-0.2, -0.15) is 0 Å². The van der Waals surface area contributed by atoms with E-state index in [-0.39, 0.29) is 42.0 Å². The lowest BCUT2D eigenvalue weighted by Crippen LogP contribution is -2.44. The first-order chi connectivity index (χ1) is 10.7. The van der Waals surface area contributed by atoms with Gasteiger partial charge in [-0.25, -0.2) is 4.99 Å². The number of aliphatic imine (C=N–C) groups is 1. The van der Waals surface area contributed by atoms with Gasteiger partial charge in [0.05, 0.1) is 0 Å². The van der Waals surface area contributed by atoms with E-state index in [9.17, 15) is 4.79 Å². The summed E-state index contributed by atoms with van der Waals surface area (Å²) in [7, 11) is 2.07. The lowest BCUT2D eigenvalue weighted by atomic mass is 9.83. The smallest absolute Gasteiger partial charge is 0.242 e. The van der Waals surface area contributed by atoms with Crippen LogP contribution in [0, 0.1) is 11.8 Å². The number of nitrogens with zero attached hydrogens (tertiary/aromatic N) is 2. The van der Waals surface area contributed by atoms with Crippen LogP contribution in [0.1, 0.15) is 60.3 Å². The van der Waals surface area contributed by atoms with E-state index in [4.69, 9.17) is 0 Å². The molecule has 0 radical (unpaired) electrons. The third-order valence-corrected chi connectivity index (χ3v) is 4.25. The summed E-state index contributed by atoms with van der Waals surface area (Å²) in [6, 6.07) is 0. The van der Waals surface area contributed by atoms with Gasteiger partial charge in [0.1, 0.15) is 6.54 Å². The Morgan fingerprint density at radius 2 is 1.79 bits per heavy atom. The Bertz CT molecular complexity index is 398. The number of hydrogen-bond acceptors (Lipinski definition) is 2. The summed E-state index contributed by atoms with van der Waals surface area (Å²) in [4.78, 5) is 18.6. The van der Waals surface area contributed by atoms with Gasteiger partial charge in [-0.15, -0.1) is 24.0 Å². The van der Waals surface area contributed by atoms with Crippen molar-refractivity contribution in [2.24, 2.45) is 16.8 Å². The van der Waals surface area contributed by atoms with Crippen LogP contribution in [0.4, 0.5) is 0 Å². The van der Waals surface area contributed by atoms with Crippen LogP contribution in [-0.4, -0.2) is 49.0 Å². The molecule has 0 bridgehead atoms. The Hall–Kier alpha value is -0.530. The fourth-order valence-corrected chi connectivity index (χ4v) is 3.06. The zero-order valence-electron chi connectivity index (χ0n) is 16.3. The Morgan fingerprint density at radius 3 is 2.29 bits per heavy atom. The quantitative estimate of drug-likeness (QED) is 0.383. The van der Waals surface area contributed by atoms with Gasteiger partial charge in [0, 0.05) is 25.7 Å². The van der Waals surface area contributed by atoms with Crippen LogP contribution in [0.5, 0.6) is 0 Å². The maximum atomic E-state index is 12.0. The number of carbonyl (C=O) groups is 1. The number of rotatable bonds is 5. The third-order valence-electron chi connectivity index (χ3n) is 4.25. The minimum atomic E-state index is -0.213. The first-order valence-corrected chi connectivity index (χ1v) is 9.01. The molecule has 24 heavy (non-hydrogen) atoms. The lowest BCUT2D eigenvalue weighted by molar-refractivity contribution is -0.121. The summed E-state index contributed by atoms with van der Waals surface area (Å²) in [6.45, 7) is 12.3. The highest BCUT2D eigenvalue weighted by Crippen LogP contribution is 2.28. The number of halogens is 1. The summed E-state index contributed by atoms with van der Waals surface area (Å²) >= 11 is 0. The number of amides is 1. The summed E-state index contributed by atoms with van der Waals surface area (Å²) in [6.07, 6.45) is 5.27. The maximum Gasteiger partial charge on any atom is 0.242 e. The number of nitrogens with one attached hydrogen (secondary N) is 2. The topological polar surface area (TPSA) is 56.7 Å². The molecule has 1 aliphatic rings. The van der Waals surface area contributed by atoms with Crippen molar-refractivity contribution >= 4 is 35.8 Å². The van der Waals surface area contributed by atoms with Crippen molar-refractivity contribution in [1.82, 2.24) is 15.5 Å². The summed E-state index contributed by atoms with van der Waals surface area (Å²) in [5.74, 6) is 2.41. The zero-order chi connectivity index (χ0) is 17.5. The Labute approximate surface area is 165 Å². The molecule has 0 aromatic heterocycles. The van der Waals surface area contributed by atoms with E-state index in [1.165, 1.54) is 25.7 Å². The van der Waals surface area contributed by atoms with Crippen LogP contribution >= 0.6 is 24.0 Å². The minimum Gasteiger partial charge on any atom is -0.357 e. The van der Waals surface area contributed by atoms with Crippen molar-refractivity contribution in [3.8, 4) is 0 Å². The highest BCUT2D eigenvalue weighted by molar-refractivity contribution is 14.0. The molecule has 2 N–H and O–H groups in total. The molecule has 142 valence electrons. The van der Waals surface area contributed by atoms with E-state index in [2.05, 4.69) is 41.4 Å². The maximum absolute atomic E-state index is 12.0. The fraction of sp³-hybridized carbons (Fsp3) is 0.889. The number of carbonyl (C=O) groups excluding carboxylic acids is 1. The Kier molecular flexibility index (Phi) is 10.9. The minimum absolute atomic E-state index is 0. The molecule has 1 rings (SSSR count). The predicted octanol–water partition coefficient (Wildman–Crippen LogP) is 3.24. The van der Waals surface area contributed by atoms with Crippen LogP contribution in [0.25, 0.3) is 0 Å². The fourth-order valence-electron chi connectivity index (χ4n) is 3.06. The van der Waals surface area contributed by atoms with E-state index < -0.39 is 0 Å². The van der Waals surface area contributed by atoms with Crippen molar-refractivity contribution < 1.29 is 4.79 Å². The van der Waals surface area contributed by atoms with Gasteiger partial charge < -0.3 is 15.5 Å². The molecule has 0 aromatic carbocycles. The van der Waals surface area contributed by atoms with Crippen molar-refractivity contribution in [3.63, 3.8) is 0 Å². The monoisotopic (exact) mass is 452 g/mol. The lowest BCUT2D eigenvalue weighted by Gasteiger charge is -2.31. The molecule has 0 saturated heterocycles. The van der Waals surface area contributed by atoms with Crippen molar-refractivity contribution in [2.75, 3.05) is 26.7 Å². The van der Waals surface area contributed by atoms with Gasteiger partial charge >= 0.3 is 0 Å². The van der Waals surface area contributed by atoms with E-state index in [1.807, 2.05) is 20.8 Å². The normalized spacial score (nSPS) is 21.7. The van der Waals surface area contributed by atoms with E-state index in [0.717, 1.165) is 30.9 Å². The Morgan fingerprint density at radius 1 is 1.21 bits per heavy atom. The van der Waals surface area contributed by atoms with Crippen molar-refractivity contribution in [1.29, 1.82) is 0 Å². The third kappa shape index (κ3) is 9.69. The number of guanidine groups is 1. The van der Waals surface area contributed by atoms with Crippen LogP contribution in [0.2, 0.25) is 0 Å². The molecule has 5 nitrogen and oxygen atoms in total. The molecule has 0 atom stereocenters. The molecular weight excluding hydrogens is 415 g/mol. The second-order valence-corrected chi connectivity index (χ2v) is 7.97. The molecular formula is C18H37IN4O. The predicted molar refractivity (Wildman–Crippen MR) is 113 cm³/mol. The van der Waals surface area contributed by atoms with Gasteiger partial charge in [0.15, 0.2) is 5.96 Å². The van der Waals surface area contributed by atoms with Gasteiger partial charge in [0.25, 0.3) is 0 Å². The van der Waals surface area contributed by atoms with Gasteiger partial charge in [-0.1, -0.05) is 19.8 Å². The highest BCUT2D eigenvalue weighted by atomic mass is 127. The van der Waals surface area contributed by atoms with Gasteiger partial charge in [-0.05, 0) is 52.4 Å². The van der Waals surface area contributed by atoms with E-state index in [1.54, 1.807) is 0 Å². The molecule has 0 spiro atoms. The first-order valence-electron chi connectivity index (χ1n) is 9.01. The molecule has 1 saturated carbocycles. The number of hydrogen-bond donors (Lipinski definition) is 2. The van der Waals surface area contributed by atoms with Crippen molar-refractivity contribution in [2.45, 2.75) is 65.8 Å². The second-order valence-electron chi connectivity index (χ2n) is 7.97. The molecule has 6 heteroatoms. The largest absolute Gasteiger partial charge is 0.357 e. The second kappa shape index (κ2) is 11.2. The molecule has 1 aliphatic carbocycles. The van der Waals surface area contributed by atoms with Gasteiger partial charge in [-0.3, -0.25) is 4.79 Å². The van der Waals surface area contributed by atoms with Crippen LogP contribution in [-0.2, 0) is 4.79 Å². The average Bonchev–Trinajstić information content (AvgIpc) is 2.44. The molecule has 0 unspecified atom stereocenters. The SMILES string of the molecule is CCNC(=NCC(=O)NC(C)(C)C)N(C)CC1CCC(C)CC1.I. The van der Waals surface area contributed by atoms with Gasteiger partial charge in [0.2, 0.25) is 5.91 Å². The van der Waals surface area contributed by atoms with E-state index >= 15 is 0 Å². The Balaban J connectivity index is 0.00000529. The van der Waals surface area contributed by atoms with Crippen LogP contribution in [0.3, 0.4) is 0 Å². The highest BCUT2D eigenvalue weighted by Gasteiger charge is 2.21. The summed E-state index contributed by atoms with van der Waals surface area (Å²) in [5.41, 5.74) is -0.213. The molecule has 1 fully saturated rings.